The van der Waals surface area contributed by atoms with E-state index in [-0.39, 0.29) is 0 Å². The molecule has 0 radical (unpaired) electrons. The summed E-state index contributed by atoms with van der Waals surface area (Å²) < 4.78 is 18.4. The highest BCUT2D eigenvalue weighted by molar-refractivity contribution is 7.77. The number of nitrogens with zero attached hydrogens (tertiary/aromatic N) is 1. The Bertz CT molecular complexity index is 832. The molecule has 3 heteroatoms. The summed E-state index contributed by atoms with van der Waals surface area (Å²) in [4.78, 5) is 0. The molecule has 0 unspecified atom stereocenters. The van der Waals surface area contributed by atoms with Crippen LogP contribution in [0.2, 0.25) is 0 Å². The third kappa shape index (κ3) is 3.55. The van der Waals surface area contributed by atoms with Crippen LogP contribution < -0.4 is 10.6 Å². The SMILES string of the molecule is Cc1ccc(P(=O)(/N=C/c2ccccc2)c2ccc(C)cc2)cc1. The van der Waals surface area contributed by atoms with E-state index in [1.807, 2.05) is 92.7 Å². The van der Waals surface area contributed by atoms with Gasteiger partial charge in [0, 0.05) is 16.8 Å². The summed E-state index contributed by atoms with van der Waals surface area (Å²) in [6, 6.07) is 25.3. The smallest absolute Gasteiger partial charge is 0.247 e. The van der Waals surface area contributed by atoms with E-state index in [0.717, 1.165) is 27.3 Å². The van der Waals surface area contributed by atoms with Crippen molar-refractivity contribution in [1.82, 2.24) is 0 Å². The summed E-state index contributed by atoms with van der Waals surface area (Å²) in [7, 11) is -3.06. The van der Waals surface area contributed by atoms with Crippen molar-refractivity contribution in [2.75, 3.05) is 0 Å². The lowest BCUT2D eigenvalue weighted by Gasteiger charge is -2.15. The third-order valence-electron chi connectivity index (χ3n) is 3.94. The predicted octanol–water partition coefficient (Wildman–Crippen LogP) is 4.65. The molecule has 3 aromatic carbocycles. The second kappa shape index (κ2) is 6.98. The first-order chi connectivity index (χ1) is 11.6. The van der Waals surface area contributed by atoms with Crippen molar-refractivity contribution in [2.24, 2.45) is 4.76 Å². The third-order valence-corrected chi connectivity index (χ3v) is 6.37. The lowest BCUT2D eigenvalue weighted by Crippen LogP contribution is -2.14. The number of rotatable bonds is 4. The molecular weight excluding hydrogens is 313 g/mol. The Kier molecular flexibility index (Phi) is 4.78. The van der Waals surface area contributed by atoms with E-state index in [1.54, 1.807) is 6.21 Å². The molecule has 24 heavy (non-hydrogen) atoms. The molecule has 0 aromatic heterocycles. The minimum absolute atomic E-state index is 0.754. The molecule has 120 valence electrons. The highest BCUT2D eigenvalue weighted by Gasteiger charge is 2.25. The van der Waals surface area contributed by atoms with Gasteiger partial charge in [0.25, 0.3) is 0 Å². The Labute approximate surface area is 143 Å². The molecule has 3 aromatic rings. The van der Waals surface area contributed by atoms with Gasteiger partial charge in [-0.2, -0.15) is 0 Å². The Morgan fingerprint density at radius 1 is 0.708 bits per heavy atom. The van der Waals surface area contributed by atoms with Gasteiger partial charge in [-0.15, -0.1) is 0 Å². The quantitative estimate of drug-likeness (QED) is 0.505. The molecule has 2 nitrogen and oxygen atoms in total. The van der Waals surface area contributed by atoms with Crippen LogP contribution in [0, 0.1) is 13.8 Å². The van der Waals surface area contributed by atoms with E-state index in [0.29, 0.717) is 0 Å². The normalized spacial score (nSPS) is 11.8. The first kappa shape index (κ1) is 16.4. The number of hydrogen-bond acceptors (Lipinski definition) is 1. The van der Waals surface area contributed by atoms with Gasteiger partial charge in [-0.05, 0) is 43.7 Å². The molecule has 0 fully saturated rings. The van der Waals surface area contributed by atoms with Crippen LogP contribution in [0.5, 0.6) is 0 Å². The van der Waals surface area contributed by atoms with Crippen LogP contribution >= 0.6 is 7.29 Å². The summed E-state index contributed by atoms with van der Waals surface area (Å²) in [5, 5.41) is 1.51. The molecule has 0 saturated carbocycles. The van der Waals surface area contributed by atoms with Gasteiger partial charge < -0.3 is 0 Å². The molecule has 0 atom stereocenters. The summed E-state index contributed by atoms with van der Waals surface area (Å²) in [5.41, 5.74) is 3.22. The van der Waals surface area contributed by atoms with Gasteiger partial charge in [-0.25, -0.2) is 4.76 Å². The van der Waals surface area contributed by atoms with E-state index in [2.05, 4.69) is 4.76 Å². The van der Waals surface area contributed by atoms with Crippen molar-refractivity contribution >= 4 is 24.1 Å². The van der Waals surface area contributed by atoms with Gasteiger partial charge >= 0.3 is 0 Å². The van der Waals surface area contributed by atoms with Gasteiger partial charge in [-0.1, -0.05) is 65.7 Å². The Morgan fingerprint density at radius 3 is 1.62 bits per heavy atom. The van der Waals surface area contributed by atoms with E-state index in [1.165, 1.54) is 0 Å². The number of aryl methyl sites for hydroxylation is 2. The van der Waals surface area contributed by atoms with Crippen LogP contribution in [0.3, 0.4) is 0 Å². The fourth-order valence-corrected chi connectivity index (χ4v) is 4.43. The zero-order valence-corrected chi connectivity index (χ0v) is 14.8. The minimum atomic E-state index is -3.06. The van der Waals surface area contributed by atoms with Crippen molar-refractivity contribution in [3.63, 3.8) is 0 Å². The highest BCUT2D eigenvalue weighted by Crippen LogP contribution is 2.44. The standard InChI is InChI=1S/C21H20NOP/c1-17-8-12-20(13-9-17)24(23,21-14-10-18(2)11-15-21)22-16-19-6-4-3-5-7-19/h3-16H,1-2H3/b22-16+. The lowest BCUT2D eigenvalue weighted by molar-refractivity contribution is 0.588. The molecule has 0 saturated heterocycles. The van der Waals surface area contributed by atoms with Crippen molar-refractivity contribution in [1.29, 1.82) is 0 Å². The van der Waals surface area contributed by atoms with Crippen molar-refractivity contribution in [3.8, 4) is 0 Å². The van der Waals surface area contributed by atoms with Crippen LogP contribution in [0.15, 0.2) is 83.6 Å². The number of hydrogen-bond donors (Lipinski definition) is 0. The first-order valence-corrected chi connectivity index (χ1v) is 9.59. The fraction of sp³-hybridized carbons (Fsp3) is 0.0952. The molecule has 0 aliphatic carbocycles. The lowest BCUT2D eigenvalue weighted by atomic mass is 10.2. The molecule has 0 spiro atoms. The Balaban J connectivity index is 2.10. The Hall–Kier alpha value is -2.44. The maximum atomic E-state index is 13.8. The molecule has 0 N–H and O–H groups in total. The zero-order valence-electron chi connectivity index (χ0n) is 13.9. The molecule has 0 heterocycles. The van der Waals surface area contributed by atoms with Crippen LogP contribution in [0.25, 0.3) is 0 Å². The molecule has 0 bridgehead atoms. The van der Waals surface area contributed by atoms with Crippen molar-refractivity contribution in [3.05, 3.63) is 95.6 Å². The molecule has 0 amide bonds. The van der Waals surface area contributed by atoms with Crippen LogP contribution in [0.4, 0.5) is 0 Å². The molecule has 0 aliphatic heterocycles. The van der Waals surface area contributed by atoms with Crippen molar-refractivity contribution in [2.45, 2.75) is 13.8 Å². The van der Waals surface area contributed by atoms with Crippen LogP contribution in [-0.2, 0) is 4.57 Å². The summed E-state index contributed by atoms with van der Waals surface area (Å²) in [5.74, 6) is 0. The average Bonchev–Trinajstić information content (AvgIpc) is 2.62. The van der Waals surface area contributed by atoms with Crippen molar-refractivity contribution < 1.29 is 4.57 Å². The van der Waals surface area contributed by atoms with E-state index in [4.69, 9.17) is 0 Å². The van der Waals surface area contributed by atoms with Gasteiger partial charge in [0.2, 0.25) is 7.29 Å². The van der Waals surface area contributed by atoms with E-state index < -0.39 is 7.29 Å². The van der Waals surface area contributed by atoms with E-state index in [9.17, 15) is 4.57 Å². The largest absolute Gasteiger partial charge is 0.288 e. The minimum Gasteiger partial charge on any atom is -0.288 e. The molecule has 0 aliphatic rings. The maximum Gasteiger partial charge on any atom is 0.247 e. The Morgan fingerprint density at radius 2 is 1.17 bits per heavy atom. The zero-order chi connectivity index (χ0) is 17.0. The van der Waals surface area contributed by atoms with Crippen LogP contribution in [-0.4, -0.2) is 6.21 Å². The van der Waals surface area contributed by atoms with Gasteiger partial charge in [0.05, 0.1) is 0 Å². The second-order valence-electron chi connectivity index (χ2n) is 5.90. The predicted molar refractivity (Wildman–Crippen MR) is 103 cm³/mol. The summed E-state index contributed by atoms with van der Waals surface area (Å²) >= 11 is 0. The van der Waals surface area contributed by atoms with Gasteiger partial charge in [-0.3, -0.25) is 4.57 Å². The summed E-state index contributed by atoms with van der Waals surface area (Å²) in [6.07, 6.45) is 1.71. The molecular formula is C21H20NOP. The van der Waals surface area contributed by atoms with Gasteiger partial charge in [0.15, 0.2) is 0 Å². The van der Waals surface area contributed by atoms with Gasteiger partial charge in [0.1, 0.15) is 0 Å². The summed E-state index contributed by atoms with van der Waals surface area (Å²) in [6.45, 7) is 4.04. The maximum absolute atomic E-state index is 13.8. The number of benzene rings is 3. The first-order valence-electron chi connectivity index (χ1n) is 7.93. The van der Waals surface area contributed by atoms with Crippen LogP contribution in [0.1, 0.15) is 16.7 Å². The second-order valence-corrected chi connectivity index (χ2v) is 8.32. The average molecular weight is 333 g/mol. The highest BCUT2D eigenvalue weighted by atomic mass is 31.2. The van der Waals surface area contributed by atoms with E-state index >= 15 is 0 Å². The topological polar surface area (TPSA) is 29.4 Å². The monoisotopic (exact) mass is 333 g/mol. The molecule has 3 rings (SSSR count). The fourth-order valence-electron chi connectivity index (χ4n) is 2.46.